The van der Waals surface area contributed by atoms with Crippen molar-refractivity contribution >= 4 is 31.6 Å². The van der Waals surface area contributed by atoms with E-state index in [0.29, 0.717) is 0 Å². The van der Waals surface area contributed by atoms with Gasteiger partial charge in [0.05, 0.1) is 5.56 Å². The summed E-state index contributed by atoms with van der Waals surface area (Å²) in [6, 6.07) is 5.36. The maximum atomic E-state index is 13.6. The Morgan fingerprint density at radius 2 is 1.89 bits per heavy atom. The van der Waals surface area contributed by atoms with E-state index in [4.69, 9.17) is 0 Å². The molecule has 1 aromatic carbocycles. The van der Waals surface area contributed by atoms with Crippen LogP contribution in [-0.4, -0.2) is 23.6 Å². The zero-order chi connectivity index (χ0) is 14.0. The minimum absolute atomic E-state index is 0.0380. The third-order valence-electron chi connectivity index (χ3n) is 2.79. The molecule has 6 heteroatoms. The van der Waals surface area contributed by atoms with Gasteiger partial charge in [-0.25, -0.2) is 12.8 Å². The summed E-state index contributed by atoms with van der Waals surface area (Å²) in [5.41, 5.74) is -0.215. The number of ketones is 1. The van der Waals surface area contributed by atoms with Crippen LogP contribution in [0.1, 0.15) is 30.6 Å². The predicted molar refractivity (Wildman–Crippen MR) is 72.1 cm³/mol. The van der Waals surface area contributed by atoms with Crippen molar-refractivity contribution in [1.82, 2.24) is 0 Å². The topological polar surface area (TPSA) is 51.2 Å². The Bertz CT molecular complexity index is 556. The summed E-state index contributed by atoms with van der Waals surface area (Å²) in [4.78, 5) is 12.3. The Morgan fingerprint density at radius 1 is 1.33 bits per heavy atom. The van der Waals surface area contributed by atoms with Gasteiger partial charge >= 0.3 is 0 Å². The van der Waals surface area contributed by atoms with Crippen LogP contribution in [-0.2, 0) is 9.84 Å². The van der Waals surface area contributed by atoms with Crippen LogP contribution in [0.2, 0.25) is 0 Å². The van der Waals surface area contributed by atoms with Crippen LogP contribution >= 0.6 is 15.9 Å². The lowest BCUT2D eigenvalue weighted by atomic mass is 10.1. The van der Waals surface area contributed by atoms with Gasteiger partial charge in [-0.1, -0.05) is 41.9 Å². The van der Waals surface area contributed by atoms with Crippen molar-refractivity contribution in [3.63, 3.8) is 0 Å². The smallest absolute Gasteiger partial charge is 0.197 e. The van der Waals surface area contributed by atoms with Gasteiger partial charge in [-0.3, -0.25) is 4.79 Å². The van der Waals surface area contributed by atoms with Crippen molar-refractivity contribution in [3.8, 4) is 0 Å². The van der Waals surface area contributed by atoms with Gasteiger partial charge in [0.25, 0.3) is 0 Å². The average molecular weight is 337 g/mol. The standard InChI is InChI=1S/C12H14BrFO3S/c1-3-12(13,18(16,17)4-2)11(15)9-7-5-6-8-10(9)14/h5-8H,3-4H2,1-2H3/t12-/m1/s1. The molecule has 0 spiro atoms. The number of carbonyl (C=O) groups excluding carboxylic acids is 1. The molecule has 0 aliphatic rings. The lowest BCUT2D eigenvalue weighted by Gasteiger charge is -2.24. The number of sulfone groups is 1. The lowest BCUT2D eigenvalue weighted by molar-refractivity contribution is 0.0972. The van der Waals surface area contributed by atoms with Crippen molar-refractivity contribution in [1.29, 1.82) is 0 Å². The number of hydrogen-bond acceptors (Lipinski definition) is 3. The van der Waals surface area contributed by atoms with Crippen LogP contribution in [0.15, 0.2) is 24.3 Å². The van der Waals surface area contributed by atoms with E-state index < -0.39 is 25.1 Å². The molecule has 0 fully saturated rings. The van der Waals surface area contributed by atoms with Crippen molar-refractivity contribution in [2.45, 2.75) is 23.9 Å². The summed E-state index contributed by atoms with van der Waals surface area (Å²) in [5.74, 6) is -1.66. The average Bonchev–Trinajstić information content (AvgIpc) is 2.37. The molecule has 0 aromatic heterocycles. The number of hydrogen-bond donors (Lipinski definition) is 0. The van der Waals surface area contributed by atoms with Crippen molar-refractivity contribution in [2.24, 2.45) is 0 Å². The van der Waals surface area contributed by atoms with E-state index in [9.17, 15) is 17.6 Å². The number of alkyl halides is 1. The molecular weight excluding hydrogens is 323 g/mol. The van der Waals surface area contributed by atoms with Gasteiger partial charge in [0.15, 0.2) is 19.3 Å². The van der Waals surface area contributed by atoms with Gasteiger partial charge in [-0.2, -0.15) is 0 Å². The van der Waals surface area contributed by atoms with Crippen molar-refractivity contribution in [3.05, 3.63) is 35.6 Å². The highest BCUT2D eigenvalue weighted by atomic mass is 79.9. The van der Waals surface area contributed by atoms with Gasteiger partial charge in [0.2, 0.25) is 0 Å². The number of carbonyl (C=O) groups is 1. The first kappa shape index (κ1) is 15.3. The fourth-order valence-corrected chi connectivity index (χ4v) is 3.79. The molecule has 0 amide bonds. The molecule has 0 aliphatic heterocycles. The van der Waals surface area contributed by atoms with Crippen LogP contribution in [0.5, 0.6) is 0 Å². The van der Waals surface area contributed by atoms with Crippen LogP contribution in [0.25, 0.3) is 0 Å². The lowest BCUT2D eigenvalue weighted by Crippen LogP contribution is -2.41. The Kier molecular flexibility index (Phi) is 4.66. The summed E-state index contributed by atoms with van der Waals surface area (Å²) in [6.45, 7) is 3.02. The van der Waals surface area contributed by atoms with Gasteiger partial charge in [-0.15, -0.1) is 0 Å². The summed E-state index contributed by atoms with van der Waals surface area (Å²) in [7, 11) is -3.67. The molecule has 18 heavy (non-hydrogen) atoms. The SMILES string of the molecule is CC[C@](Br)(C(=O)c1ccccc1F)S(=O)(=O)CC. The Labute approximate surface area is 114 Å². The molecule has 0 N–H and O–H groups in total. The molecular formula is C12H14BrFO3S. The molecule has 3 nitrogen and oxygen atoms in total. The van der Waals surface area contributed by atoms with E-state index >= 15 is 0 Å². The maximum Gasteiger partial charge on any atom is 0.197 e. The van der Waals surface area contributed by atoms with E-state index in [1.807, 2.05) is 0 Å². The van der Waals surface area contributed by atoms with Crippen molar-refractivity contribution in [2.75, 3.05) is 5.75 Å². The van der Waals surface area contributed by atoms with E-state index in [-0.39, 0.29) is 17.7 Å². The highest BCUT2D eigenvalue weighted by Gasteiger charge is 2.46. The molecule has 0 bridgehead atoms. The maximum absolute atomic E-state index is 13.6. The second-order valence-electron chi connectivity index (χ2n) is 3.79. The Hall–Kier alpha value is -0.750. The second-order valence-corrected chi connectivity index (χ2v) is 8.18. The van der Waals surface area contributed by atoms with Crippen LogP contribution in [0, 0.1) is 5.82 Å². The number of halogens is 2. The molecule has 100 valence electrons. The molecule has 0 saturated heterocycles. The number of Topliss-reactive ketones (excluding diaryl/α,β-unsaturated/α-hetero) is 1. The first-order chi connectivity index (χ1) is 8.30. The van der Waals surface area contributed by atoms with E-state index in [2.05, 4.69) is 15.9 Å². The molecule has 1 atom stereocenters. The fraction of sp³-hybridized carbons (Fsp3) is 0.417. The van der Waals surface area contributed by atoms with Crippen LogP contribution in [0.3, 0.4) is 0 Å². The third-order valence-corrected chi connectivity index (χ3v) is 7.41. The monoisotopic (exact) mass is 336 g/mol. The first-order valence-corrected chi connectivity index (χ1v) is 7.95. The quantitative estimate of drug-likeness (QED) is 0.613. The zero-order valence-corrected chi connectivity index (χ0v) is 12.5. The zero-order valence-electron chi connectivity index (χ0n) is 10.1. The second kappa shape index (κ2) is 5.48. The molecule has 1 aromatic rings. The van der Waals surface area contributed by atoms with E-state index in [1.54, 1.807) is 6.92 Å². The minimum Gasteiger partial charge on any atom is -0.291 e. The summed E-state index contributed by atoms with van der Waals surface area (Å²) >= 11 is 3.00. The molecule has 0 aliphatic carbocycles. The number of rotatable bonds is 5. The van der Waals surface area contributed by atoms with E-state index in [1.165, 1.54) is 25.1 Å². The van der Waals surface area contributed by atoms with Crippen LogP contribution in [0.4, 0.5) is 4.39 Å². The minimum atomic E-state index is -3.67. The van der Waals surface area contributed by atoms with Crippen LogP contribution < -0.4 is 0 Å². The van der Waals surface area contributed by atoms with Gasteiger partial charge < -0.3 is 0 Å². The highest BCUT2D eigenvalue weighted by molar-refractivity contribution is 9.12. The number of benzene rings is 1. The molecule has 0 unspecified atom stereocenters. The highest BCUT2D eigenvalue weighted by Crippen LogP contribution is 2.34. The largest absolute Gasteiger partial charge is 0.291 e. The Balaban J connectivity index is 3.36. The summed E-state index contributed by atoms with van der Waals surface area (Å²) in [5, 5.41) is 0. The summed E-state index contributed by atoms with van der Waals surface area (Å²) in [6.07, 6.45) is 0.0380. The summed E-state index contributed by atoms with van der Waals surface area (Å²) < 4.78 is 35.8. The predicted octanol–water partition coefficient (Wildman–Crippen LogP) is 2.94. The van der Waals surface area contributed by atoms with E-state index in [0.717, 1.165) is 6.07 Å². The molecule has 0 heterocycles. The molecule has 0 radical (unpaired) electrons. The van der Waals surface area contributed by atoms with Gasteiger partial charge in [0, 0.05) is 5.75 Å². The molecule has 1 rings (SSSR count). The third kappa shape index (κ3) is 2.49. The fourth-order valence-electron chi connectivity index (χ4n) is 1.60. The normalized spacial score (nSPS) is 15.1. The first-order valence-electron chi connectivity index (χ1n) is 5.50. The van der Waals surface area contributed by atoms with Crippen molar-refractivity contribution < 1.29 is 17.6 Å². The molecule has 0 saturated carbocycles. The van der Waals surface area contributed by atoms with Gasteiger partial charge in [-0.05, 0) is 18.6 Å². The van der Waals surface area contributed by atoms with Gasteiger partial charge in [0.1, 0.15) is 5.82 Å². The Morgan fingerprint density at radius 3 is 2.33 bits per heavy atom.